The fourth-order valence-electron chi connectivity index (χ4n) is 1.62. The van der Waals surface area contributed by atoms with Gasteiger partial charge in [0.05, 0.1) is 0 Å². The maximum Gasteiger partial charge on any atom is 0.338 e. The summed E-state index contributed by atoms with van der Waals surface area (Å²) in [7, 11) is 0. The molecule has 0 aromatic heterocycles. The number of carbonyl (C=O) groups is 2. The zero-order valence-electron chi connectivity index (χ0n) is 9.04. The molecule has 0 saturated heterocycles. The molecule has 0 saturated carbocycles. The number of ether oxygens (including phenoxy) is 1. The highest BCUT2D eigenvalue weighted by atomic mass is 16.6. The molecular weight excluding hydrogens is 192 g/mol. The molecule has 1 aliphatic heterocycles. The number of hydrogen-bond donors (Lipinski definition) is 0. The first-order chi connectivity index (χ1) is 7.29. The highest BCUT2D eigenvalue weighted by Gasteiger charge is 2.07. The Morgan fingerprint density at radius 1 is 0.933 bits per heavy atom. The third-order valence-corrected chi connectivity index (χ3v) is 2.47. The van der Waals surface area contributed by atoms with Crippen LogP contribution in [0.3, 0.4) is 0 Å². The molecule has 0 amide bonds. The van der Waals surface area contributed by atoms with Gasteiger partial charge in [-0.3, -0.25) is 4.79 Å². The van der Waals surface area contributed by atoms with Crippen LogP contribution in [-0.2, 0) is 14.3 Å². The Labute approximate surface area is 90.5 Å². The lowest BCUT2D eigenvalue weighted by molar-refractivity contribution is -0.156. The van der Waals surface area contributed by atoms with Crippen LogP contribution in [-0.4, -0.2) is 11.9 Å². The number of hydrogen-bond acceptors (Lipinski definition) is 3. The van der Waals surface area contributed by atoms with E-state index in [0.29, 0.717) is 6.42 Å². The van der Waals surface area contributed by atoms with Crippen LogP contribution in [0, 0.1) is 0 Å². The largest absolute Gasteiger partial charge is 0.390 e. The molecule has 1 rings (SSSR count). The fraction of sp³-hybridized carbons (Fsp3) is 0.667. The van der Waals surface area contributed by atoms with E-state index in [-0.39, 0.29) is 0 Å². The highest BCUT2D eigenvalue weighted by Crippen LogP contribution is 2.10. The van der Waals surface area contributed by atoms with E-state index in [1.807, 2.05) is 0 Å². The van der Waals surface area contributed by atoms with Gasteiger partial charge in [-0.1, -0.05) is 31.8 Å². The van der Waals surface area contributed by atoms with Crippen molar-refractivity contribution >= 4 is 11.9 Å². The minimum Gasteiger partial charge on any atom is -0.390 e. The number of esters is 2. The lowest BCUT2D eigenvalue weighted by Gasteiger charge is -2.00. The maximum atomic E-state index is 11.1. The zero-order chi connectivity index (χ0) is 10.9. The number of allylic oxidation sites excluding steroid dienone is 1. The second-order valence-corrected chi connectivity index (χ2v) is 3.86. The second kappa shape index (κ2) is 7.21. The van der Waals surface area contributed by atoms with E-state index in [2.05, 4.69) is 4.74 Å². The summed E-state index contributed by atoms with van der Waals surface area (Å²) in [6, 6.07) is 0. The summed E-state index contributed by atoms with van der Waals surface area (Å²) in [5.74, 6) is -0.928. The molecule has 0 bridgehead atoms. The van der Waals surface area contributed by atoms with Gasteiger partial charge in [0, 0.05) is 12.5 Å². The van der Waals surface area contributed by atoms with Gasteiger partial charge in [0.15, 0.2) is 0 Å². The molecule has 84 valence electrons. The van der Waals surface area contributed by atoms with E-state index in [0.717, 1.165) is 25.7 Å². The SMILES string of the molecule is O=C1/C=C\CCCCCCCCC(=O)O1. The van der Waals surface area contributed by atoms with Gasteiger partial charge in [-0.2, -0.15) is 0 Å². The lowest BCUT2D eigenvalue weighted by Crippen LogP contribution is -2.09. The fourth-order valence-corrected chi connectivity index (χ4v) is 1.62. The predicted molar refractivity (Wildman–Crippen MR) is 57.2 cm³/mol. The molecular formula is C12H18O3. The predicted octanol–water partition coefficient (Wildman–Crippen LogP) is 2.75. The summed E-state index contributed by atoms with van der Waals surface area (Å²) in [4.78, 5) is 22.2. The monoisotopic (exact) mass is 210 g/mol. The van der Waals surface area contributed by atoms with Crippen molar-refractivity contribution in [2.45, 2.75) is 51.4 Å². The van der Waals surface area contributed by atoms with E-state index in [4.69, 9.17) is 0 Å². The second-order valence-electron chi connectivity index (χ2n) is 3.86. The number of cyclic esters (lactones) is 2. The first-order valence-corrected chi connectivity index (χ1v) is 5.70. The van der Waals surface area contributed by atoms with E-state index in [9.17, 15) is 9.59 Å². The molecule has 0 radical (unpaired) electrons. The average molecular weight is 210 g/mol. The summed E-state index contributed by atoms with van der Waals surface area (Å²) < 4.78 is 4.60. The Morgan fingerprint density at radius 3 is 2.40 bits per heavy atom. The standard InChI is InChI=1S/C12H18O3/c13-11-9-7-5-3-1-2-4-6-8-10-12(14)15-11/h7,9H,1-6,8,10H2/b9-7-. The maximum absolute atomic E-state index is 11.1. The highest BCUT2D eigenvalue weighted by molar-refractivity contribution is 5.91. The molecule has 0 aromatic carbocycles. The first-order valence-electron chi connectivity index (χ1n) is 5.70. The van der Waals surface area contributed by atoms with Gasteiger partial charge in [-0.15, -0.1) is 0 Å². The van der Waals surface area contributed by atoms with Gasteiger partial charge in [0.2, 0.25) is 0 Å². The molecule has 0 aromatic rings. The molecule has 1 heterocycles. The topological polar surface area (TPSA) is 43.4 Å². The van der Waals surface area contributed by atoms with Crippen LogP contribution in [0.4, 0.5) is 0 Å². The Hall–Kier alpha value is -1.12. The van der Waals surface area contributed by atoms with E-state index in [1.54, 1.807) is 6.08 Å². The summed E-state index contributed by atoms with van der Waals surface area (Å²) in [6.45, 7) is 0. The van der Waals surface area contributed by atoms with Crippen molar-refractivity contribution in [1.82, 2.24) is 0 Å². The molecule has 1 aliphatic rings. The van der Waals surface area contributed by atoms with Gasteiger partial charge >= 0.3 is 11.9 Å². The van der Waals surface area contributed by atoms with E-state index < -0.39 is 11.9 Å². The molecule has 0 unspecified atom stereocenters. The lowest BCUT2D eigenvalue weighted by atomic mass is 10.1. The average Bonchev–Trinajstić information content (AvgIpc) is 2.21. The molecule has 0 N–H and O–H groups in total. The van der Waals surface area contributed by atoms with Crippen molar-refractivity contribution in [3.05, 3.63) is 12.2 Å². The summed E-state index contributed by atoms with van der Waals surface area (Å²) >= 11 is 0. The van der Waals surface area contributed by atoms with Gasteiger partial charge in [-0.05, 0) is 19.3 Å². The molecule has 3 nitrogen and oxygen atoms in total. The van der Waals surface area contributed by atoms with E-state index >= 15 is 0 Å². The van der Waals surface area contributed by atoms with Crippen molar-refractivity contribution in [3.63, 3.8) is 0 Å². The van der Waals surface area contributed by atoms with Crippen molar-refractivity contribution < 1.29 is 14.3 Å². The smallest absolute Gasteiger partial charge is 0.338 e. The van der Waals surface area contributed by atoms with Gasteiger partial charge < -0.3 is 4.74 Å². The van der Waals surface area contributed by atoms with Crippen LogP contribution in [0.5, 0.6) is 0 Å². The number of rotatable bonds is 0. The van der Waals surface area contributed by atoms with Gasteiger partial charge in [-0.25, -0.2) is 4.79 Å². The molecule has 0 spiro atoms. The summed E-state index contributed by atoms with van der Waals surface area (Å²) in [5.41, 5.74) is 0. The Balaban J connectivity index is 2.39. The van der Waals surface area contributed by atoms with Crippen molar-refractivity contribution in [2.75, 3.05) is 0 Å². The van der Waals surface area contributed by atoms with Crippen LogP contribution < -0.4 is 0 Å². The first kappa shape index (κ1) is 12.0. The Kier molecular flexibility index (Phi) is 5.74. The third kappa shape index (κ3) is 6.05. The molecule has 15 heavy (non-hydrogen) atoms. The normalized spacial score (nSPS) is 23.2. The van der Waals surface area contributed by atoms with Crippen LogP contribution >= 0.6 is 0 Å². The van der Waals surface area contributed by atoms with Crippen LogP contribution in [0.15, 0.2) is 12.2 Å². The van der Waals surface area contributed by atoms with Crippen LogP contribution in [0.1, 0.15) is 51.4 Å². The minimum absolute atomic E-state index is 0.361. The van der Waals surface area contributed by atoms with Crippen molar-refractivity contribution in [2.24, 2.45) is 0 Å². The molecule has 0 fully saturated rings. The Bertz CT molecular complexity index is 243. The van der Waals surface area contributed by atoms with Crippen molar-refractivity contribution in [3.8, 4) is 0 Å². The summed E-state index contributed by atoms with van der Waals surface area (Å²) in [6.07, 6.45) is 11.0. The quantitative estimate of drug-likeness (QED) is 0.456. The summed E-state index contributed by atoms with van der Waals surface area (Å²) in [5, 5.41) is 0. The zero-order valence-corrected chi connectivity index (χ0v) is 9.04. The van der Waals surface area contributed by atoms with E-state index in [1.165, 1.54) is 25.3 Å². The van der Waals surface area contributed by atoms with Gasteiger partial charge in [0.25, 0.3) is 0 Å². The molecule has 3 heteroatoms. The molecule has 0 aliphatic carbocycles. The Morgan fingerprint density at radius 2 is 1.60 bits per heavy atom. The van der Waals surface area contributed by atoms with Gasteiger partial charge in [0.1, 0.15) is 0 Å². The minimum atomic E-state index is -0.528. The molecule has 0 atom stereocenters. The van der Waals surface area contributed by atoms with Crippen LogP contribution in [0.2, 0.25) is 0 Å². The van der Waals surface area contributed by atoms with Crippen LogP contribution in [0.25, 0.3) is 0 Å². The van der Waals surface area contributed by atoms with Crippen molar-refractivity contribution in [1.29, 1.82) is 0 Å². The third-order valence-electron chi connectivity index (χ3n) is 2.47. The number of carbonyl (C=O) groups excluding carboxylic acids is 2.